The van der Waals surface area contributed by atoms with E-state index in [1.165, 1.54) is 6.07 Å². The standard InChI is InChI=1S/C23H23NO4/c1-15-8-7-11-19(22(15)26)23(27)28-14-21(25)20-12-16(2)24(17(20)3)13-18-9-5-4-6-10-18/h4-12,26H,13-14H2,1-3H3. The highest BCUT2D eigenvalue weighted by Gasteiger charge is 2.19. The monoisotopic (exact) mass is 377 g/mol. The Bertz CT molecular complexity index is 1020. The number of carbonyl (C=O) groups is 2. The lowest BCUT2D eigenvalue weighted by molar-refractivity contribution is 0.0471. The summed E-state index contributed by atoms with van der Waals surface area (Å²) in [5.41, 5.74) is 4.11. The Morgan fingerprint density at radius 2 is 1.68 bits per heavy atom. The van der Waals surface area contributed by atoms with Gasteiger partial charge in [-0.15, -0.1) is 0 Å². The molecular weight excluding hydrogens is 354 g/mol. The van der Waals surface area contributed by atoms with Gasteiger partial charge in [0.05, 0.1) is 0 Å². The number of aryl methyl sites for hydroxylation is 2. The first kappa shape index (κ1) is 19.4. The van der Waals surface area contributed by atoms with Crippen LogP contribution in [0.2, 0.25) is 0 Å². The molecule has 5 heteroatoms. The Morgan fingerprint density at radius 1 is 0.964 bits per heavy atom. The molecule has 0 spiro atoms. The van der Waals surface area contributed by atoms with Gasteiger partial charge in [0.2, 0.25) is 5.78 Å². The molecule has 0 amide bonds. The highest BCUT2D eigenvalue weighted by Crippen LogP contribution is 2.22. The summed E-state index contributed by atoms with van der Waals surface area (Å²) in [6.07, 6.45) is 0. The molecule has 0 unspecified atom stereocenters. The first-order valence-corrected chi connectivity index (χ1v) is 9.08. The van der Waals surface area contributed by atoms with E-state index in [-0.39, 0.29) is 23.7 Å². The lowest BCUT2D eigenvalue weighted by atomic mass is 10.1. The normalized spacial score (nSPS) is 10.7. The van der Waals surface area contributed by atoms with E-state index in [2.05, 4.69) is 4.57 Å². The van der Waals surface area contributed by atoms with Crippen molar-refractivity contribution in [1.82, 2.24) is 4.57 Å². The fourth-order valence-corrected chi connectivity index (χ4v) is 3.20. The number of benzene rings is 2. The number of aromatic nitrogens is 1. The summed E-state index contributed by atoms with van der Waals surface area (Å²) in [5, 5.41) is 9.99. The number of phenols is 1. The zero-order chi connectivity index (χ0) is 20.3. The van der Waals surface area contributed by atoms with E-state index in [0.29, 0.717) is 17.7 Å². The SMILES string of the molecule is Cc1cccc(C(=O)OCC(=O)c2cc(C)n(Cc3ccccc3)c2C)c1O. The van der Waals surface area contributed by atoms with Crippen molar-refractivity contribution in [3.05, 3.63) is 88.2 Å². The van der Waals surface area contributed by atoms with Gasteiger partial charge in [-0.3, -0.25) is 4.79 Å². The van der Waals surface area contributed by atoms with Crippen LogP contribution in [0.25, 0.3) is 0 Å². The van der Waals surface area contributed by atoms with Gasteiger partial charge >= 0.3 is 5.97 Å². The van der Waals surface area contributed by atoms with Gasteiger partial charge in [0.1, 0.15) is 11.3 Å². The van der Waals surface area contributed by atoms with Gasteiger partial charge in [-0.25, -0.2) is 4.79 Å². The molecule has 0 aliphatic rings. The smallest absolute Gasteiger partial charge is 0.342 e. The largest absolute Gasteiger partial charge is 0.507 e. The molecule has 1 N–H and O–H groups in total. The summed E-state index contributed by atoms with van der Waals surface area (Å²) >= 11 is 0. The third-order valence-corrected chi connectivity index (χ3v) is 4.85. The highest BCUT2D eigenvalue weighted by molar-refractivity contribution is 6.01. The molecule has 3 rings (SSSR count). The first-order chi connectivity index (χ1) is 13.4. The summed E-state index contributed by atoms with van der Waals surface area (Å²) in [4.78, 5) is 24.8. The number of hydrogen-bond acceptors (Lipinski definition) is 4. The van der Waals surface area contributed by atoms with Crippen molar-refractivity contribution in [3.63, 3.8) is 0 Å². The van der Waals surface area contributed by atoms with Crippen LogP contribution in [0.4, 0.5) is 0 Å². The number of phenolic OH excluding ortho intramolecular Hbond substituents is 1. The molecule has 2 aromatic carbocycles. The Balaban J connectivity index is 1.72. The van der Waals surface area contributed by atoms with Crippen molar-refractivity contribution in [2.75, 3.05) is 6.61 Å². The Labute approximate surface area is 164 Å². The molecule has 144 valence electrons. The van der Waals surface area contributed by atoms with Crippen LogP contribution in [0.5, 0.6) is 5.75 Å². The number of aromatic hydroxyl groups is 1. The maximum Gasteiger partial charge on any atom is 0.342 e. The van der Waals surface area contributed by atoms with E-state index in [1.807, 2.05) is 50.2 Å². The molecule has 0 saturated carbocycles. The zero-order valence-corrected chi connectivity index (χ0v) is 16.2. The summed E-state index contributed by atoms with van der Waals surface area (Å²) in [7, 11) is 0. The van der Waals surface area contributed by atoms with Crippen LogP contribution in [0, 0.1) is 20.8 Å². The van der Waals surface area contributed by atoms with E-state index >= 15 is 0 Å². The molecule has 0 aliphatic carbocycles. The van der Waals surface area contributed by atoms with Crippen LogP contribution in [-0.2, 0) is 11.3 Å². The summed E-state index contributed by atoms with van der Waals surface area (Å²) < 4.78 is 7.21. The van der Waals surface area contributed by atoms with Crippen LogP contribution in [0.15, 0.2) is 54.6 Å². The van der Waals surface area contributed by atoms with Gasteiger partial charge in [-0.2, -0.15) is 0 Å². The van der Waals surface area contributed by atoms with Gasteiger partial charge in [0.25, 0.3) is 0 Å². The van der Waals surface area contributed by atoms with Crippen molar-refractivity contribution in [3.8, 4) is 5.75 Å². The van der Waals surface area contributed by atoms with Crippen LogP contribution >= 0.6 is 0 Å². The van der Waals surface area contributed by atoms with Crippen molar-refractivity contribution in [1.29, 1.82) is 0 Å². The number of para-hydroxylation sites is 1. The van der Waals surface area contributed by atoms with Crippen molar-refractivity contribution < 1.29 is 19.4 Å². The highest BCUT2D eigenvalue weighted by atomic mass is 16.5. The zero-order valence-electron chi connectivity index (χ0n) is 16.2. The molecule has 0 radical (unpaired) electrons. The molecule has 0 saturated heterocycles. The van der Waals surface area contributed by atoms with E-state index in [0.717, 1.165) is 17.0 Å². The van der Waals surface area contributed by atoms with Crippen LogP contribution in [0.3, 0.4) is 0 Å². The third kappa shape index (κ3) is 3.98. The lowest BCUT2D eigenvalue weighted by Crippen LogP contribution is -2.15. The minimum absolute atomic E-state index is 0.0577. The van der Waals surface area contributed by atoms with Crippen LogP contribution in [0.1, 0.15) is 43.2 Å². The Hall–Kier alpha value is -3.34. The minimum Gasteiger partial charge on any atom is -0.507 e. The molecule has 5 nitrogen and oxygen atoms in total. The van der Waals surface area contributed by atoms with Crippen LogP contribution < -0.4 is 0 Å². The average molecular weight is 377 g/mol. The number of nitrogens with zero attached hydrogens (tertiary/aromatic N) is 1. The lowest BCUT2D eigenvalue weighted by Gasteiger charge is -2.10. The minimum atomic E-state index is -0.715. The Kier molecular flexibility index (Phi) is 5.64. The average Bonchev–Trinajstić information content (AvgIpc) is 2.97. The van der Waals surface area contributed by atoms with Crippen LogP contribution in [-0.4, -0.2) is 28.0 Å². The molecule has 1 heterocycles. The quantitative estimate of drug-likeness (QED) is 0.516. The third-order valence-electron chi connectivity index (χ3n) is 4.85. The Morgan fingerprint density at radius 3 is 2.39 bits per heavy atom. The molecule has 0 fully saturated rings. The summed E-state index contributed by atoms with van der Waals surface area (Å²) in [6.45, 7) is 5.82. The number of ether oxygens (including phenoxy) is 1. The predicted molar refractivity (Wildman–Crippen MR) is 107 cm³/mol. The van der Waals surface area contributed by atoms with Crippen molar-refractivity contribution in [2.45, 2.75) is 27.3 Å². The summed E-state index contributed by atoms with van der Waals surface area (Å²) in [6, 6.07) is 16.6. The number of ketones is 1. The van der Waals surface area contributed by atoms with Gasteiger partial charge in [-0.1, -0.05) is 42.5 Å². The van der Waals surface area contributed by atoms with Gasteiger partial charge in [0.15, 0.2) is 6.61 Å². The molecule has 0 bridgehead atoms. The molecular formula is C23H23NO4. The second kappa shape index (κ2) is 8.13. The maximum atomic E-state index is 12.6. The number of Topliss-reactive ketones (excluding diaryl/α,β-unsaturated/α-hetero) is 1. The van der Waals surface area contributed by atoms with E-state index < -0.39 is 5.97 Å². The topological polar surface area (TPSA) is 68.5 Å². The molecule has 0 aliphatic heterocycles. The fraction of sp³-hybridized carbons (Fsp3) is 0.217. The second-order valence-electron chi connectivity index (χ2n) is 6.83. The number of hydrogen-bond donors (Lipinski definition) is 1. The number of carbonyl (C=O) groups excluding carboxylic acids is 2. The van der Waals surface area contributed by atoms with E-state index in [1.54, 1.807) is 19.1 Å². The van der Waals surface area contributed by atoms with E-state index in [4.69, 9.17) is 4.74 Å². The van der Waals surface area contributed by atoms with Gasteiger partial charge < -0.3 is 14.4 Å². The molecule has 0 atom stereocenters. The maximum absolute atomic E-state index is 12.6. The van der Waals surface area contributed by atoms with Crippen molar-refractivity contribution >= 4 is 11.8 Å². The second-order valence-corrected chi connectivity index (χ2v) is 6.83. The van der Waals surface area contributed by atoms with Gasteiger partial charge in [-0.05, 0) is 44.0 Å². The van der Waals surface area contributed by atoms with E-state index in [9.17, 15) is 14.7 Å². The number of rotatable bonds is 6. The molecule has 28 heavy (non-hydrogen) atoms. The first-order valence-electron chi connectivity index (χ1n) is 9.08. The predicted octanol–water partition coefficient (Wildman–Crippen LogP) is 4.21. The fourth-order valence-electron chi connectivity index (χ4n) is 3.20. The molecule has 1 aromatic heterocycles. The summed E-state index contributed by atoms with van der Waals surface area (Å²) in [5.74, 6) is -1.11. The molecule has 3 aromatic rings. The van der Waals surface area contributed by atoms with Crippen molar-refractivity contribution in [2.24, 2.45) is 0 Å². The number of esters is 1. The van der Waals surface area contributed by atoms with Gasteiger partial charge in [0, 0.05) is 23.5 Å².